The van der Waals surface area contributed by atoms with Crippen molar-refractivity contribution < 1.29 is 4.79 Å². The first kappa shape index (κ1) is 11.2. The largest absolute Gasteiger partial charge is 0.347 e. The molecule has 5 nitrogen and oxygen atoms in total. The number of nitrogens with zero attached hydrogens (tertiary/aromatic N) is 2. The lowest BCUT2D eigenvalue weighted by molar-refractivity contribution is -0.121. The molecule has 86 valence electrons. The molecule has 17 heavy (non-hydrogen) atoms. The summed E-state index contributed by atoms with van der Waals surface area (Å²) in [5, 5.41) is 9.79. The van der Waals surface area contributed by atoms with Gasteiger partial charge in [0.05, 0.1) is 11.6 Å². The van der Waals surface area contributed by atoms with Crippen molar-refractivity contribution in [2.24, 2.45) is 5.84 Å². The molecule has 0 unspecified atom stereocenters. The van der Waals surface area contributed by atoms with Gasteiger partial charge in [0.2, 0.25) is 5.91 Å². The Morgan fingerprint density at radius 1 is 1.47 bits per heavy atom. The molecule has 0 atom stereocenters. The Morgan fingerprint density at radius 3 is 3.00 bits per heavy atom. The molecule has 2 rings (SSSR count). The fraction of sp³-hybridized carbons (Fsp3) is 0.167. The Hall–Kier alpha value is -2.32. The summed E-state index contributed by atoms with van der Waals surface area (Å²) in [6, 6.07) is 9.50. The van der Waals surface area contributed by atoms with E-state index in [0.29, 0.717) is 18.5 Å². The van der Waals surface area contributed by atoms with Crippen LogP contribution in [0, 0.1) is 11.3 Å². The van der Waals surface area contributed by atoms with Crippen LogP contribution in [0.2, 0.25) is 0 Å². The van der Waals surface area contributed by atoms with E-state index in [1.165, 1.54) is 0 Å². The fourth-order valence-electron chi connectivity index (χ4n) is 1.76. The van der Waals surface area contributed by atoms with Crippen molar-refractivity contribution in [2.45, 2.75) is 13.0 Å². The van der Waals surface area contributed by atoms with Gasteiger partial charge in [0.25, 0.3) is 0 Å². The summed E-state index contributed by atoms with van der Waals surface area (Å²) in [6.45, 7) is 0.568. The van der Waals surface area contributed by atoms with Crippen LogP contribution in [0.1, 0.15) is 12.0 Å². The van der Waals surface area contributed by atoms with E-state index < -0.39 is 0 Å². The predicted molar refractivity (Wildman–Crippen MR) is 63.6 cm³/mol. The Morgan fingerprint density at radius 2 is 2.29 bits per heavy atom. The number of hydrogen-bond acceptors (Lipinski definition) is 3. The average Bonchev–Trinajstić information content (AvgIpc) is 2.77. The minimum absolute atomic E-state index is 0.194. The number of fused-ring (bicyclic) bond motifs is 1. The van der Waals surface area contributed by atoms with Crippen LogP contribution in [-0.2, 0) is 11.3 Å². The molecule has 1 amide bonds. The molecule has 0 saturated heterocycles. The van der Waals surface area contributed by atoms with Gasteiger partial charge in [-0.05, 0) is 24.3 Å². The third-order valence-electron chi connectivity index (χ3n) is 2.64. The van der Waals surface area contributed by atoms with Gasteiger partial charge in [-0.1, -0.05) is 0 Å². The number of nitriles is 1. The van der Waals surface area contributed by atoms with Crippen LogP contribution < -0.4 is 11.3 Å². The molecule has 0 radical (unpaired) electrons. The standard InChI is InChI=1S/C12H12N4O/c13-8-9-1-2-11-10(7-9)3-5-16(11)6-4-12(17)15-14/h1-3,5,7H,4,6,14H2,(H,15,17). The van der Waals surface area contributed by atoms with Crippen molar-refractivity contribution in [2.75, 3.05) is 0 Å². The fourth-order valence-corrected chi connectivity index (χ4v) is 1.76. The van der Waals surface area contributed by atoms with Crippen LogP contribution >= 0.6 is 0 Å². The Labute approximate surface area is 98.4 Å². The molecule has 2 aromatic rings. The monoisotopic (exact) mass is 228 g/mol. The summed E-state index contributed by atoms with van der Waals surface area (Å²) in [4.78, 5) is 11.1. The maximum Gasteiger partial charge on any atom is 0.235 e. The third kappa shape index (κ3) is 2.27. The van der Waals surface area contributed by atoms with E-state index in [1.807, 2.05) is 29.0 Å². The van der Waals surface area contributed by atoms with Gasteiger partial charge in [-0.3, -0.25) is 10.2 Å². The van der Waals surface area contributed by atoms with Crippen molar-refractivity contribution in [1.82, 2.24) is 9.99 Å². The van der Waals surface area contributed by atoms with Gasteiger partial charge >= 0.3 is 0 Å². The number of rotatable bonds is 3. The lowest BCUT2D eigenvalue weighted by Crippen LogP contribution is -2.30. The number of nitrogens with one attached hydrogen (secondary N) is 1. The lowest BCUT2D eigenvalue weighted by atomic mass is 10.2. The van der Waals surface area contributed by atoms with E-state index in [9.17, 15) is 4.79 Å². The highest BCUT2D eigenvalue weighted by atomic mass is 16.2. The van der Waals surface area contributed by atoms with Crippen LogP contribution in [0.3, 0.4) is 0 Å². The highest BCUT2D eigenvalue weighted by molar-refractivity contribution is 5.82. The molecule has 0 aliphatic heterocycles. The molecule has 0 bridgehead atoms. The molecule has 1 aromatic heterocycles. The zero-order valence-electron chi connectivity index (χ0n) is 9.18. The number of hydrazine groups is 1. The topological polar surface area (TPSA) is 83.8 Å². The van der Waals surface area contributed by atoms with Gasteiger partial charge < -0.3 is 4.57 Å². The normalized spacial score (nSPS) is 10.1. The summed E-state index contributed by atoms with van der Waals surface area (Å²) in [5.74, 6) is 4.82. The van der Waals surface area contributed by atoms with E-state index in [-0.39, 0.29) is 5.91 Å². The van der Waals surface area contributed by atoms with E-state index >= 15 is 0 Å². The highest BCUT2D eigenvalue weighted by Gasteiger charge is 2.04. The number of carbonyl (C=O) groups excluding carboxylic acids is 1. The van der Waals surface area contributed by atoms with Crippen molar-refractivity contribution in [3.05, 3.63) is 36.0 Å². The van der Waals surface area contributed by atoms with Crippen molar-refractivity contribution in [3.8, 4) is 6.07 Å². The van der Waals surface area contributed by atoms with Crippen LogP contribution in [0.4, 0.5) is 0 Å². The van der Waals surface area contributed by atoms with Crippen molar-refractivity contribution >= 4 is 16.8 Å². The number of amides is 1. The maximum absolute atomic E-state index is 11.1. The first-order chi connectivity index (χ1) is 8.24. The predicted octanol–water partition coefficient (Wildman–Crippen LogP) is 0.893. The summed E-state index contributed by atoms with van der Waals surface area (Å²) in [5.41, 5.74) is 3.74. The highest BCUT2D eigenvalue weighted by Crippen LogP contribution is 2.17. The number of aromatic nitrogens is 1. The second kappa shape index (κ2) is 4.68. The third-order valence-corrected chi connectivity index (χ3v) is 2.64. The molecule has 0 aliphatic rings. The van der Waals surface area contributed by atoms with Crippen LogP contribution in [0.5, 0.6) is 0 Å². The zero-order valence-corrected chi connectivity index (χ0v) is 9.18. The van der Waals surface area contributed by atoms with Gasteiger partial charge in [-0.15, -0.1) is 0 Å². The summed E-state index contributed by atoms with van der Waals surface area (Å²) in [7, 11) is 0. The molecular formula is C12H12N4O. The molecule has 0 fully saturated rings. The van der Waals surface area contributed by atoms with E-state index in [2.05, 4.69) is 11.5 Å². The number of nitrogens with two attached hydrogens (primary N) is 1. The molecule has 3 N–H and O–H groups in total. The van der Waals surface area contributed by atoms with E-state index in [4.69, 9.17) is 11.1 Å². The van der Waals surface area contributed by atoms with Gasteiger partial charge in [0.1, 0.15) is 0 Å². The number of hydrogen-bond donors (Lipinski definition) is 2. The van der Waals surface area contributed by atoms with Crippen molar-refractivity contribution in [3.63, 3.8) is 0 Å². The van der Waals surface area contributed by atoms with Gasteiger partial charge in [0.15, 0.2) is 0 Å². The summed E-state index contributed by atoms with van der Waals surface area (Å²) in [6.07, 6.45) is 2.23. The van der Waals surface area contributed by atoms with Gasteiger partial charge in [-0.2, -0.15) is 5.26 Å². The quantitative estimate of drug-likeness (QED) is 0.465. The van der Waals surface area contributed by atoms with Crippen LogP contribution in [0.25, 0.3) is 10.9 Å². The minimum Gasteiger partial charge on any atom is -0.347 e. The zero-order chi connectivity index (χ0) is 12.3. The first-order valence-corrected chi connectivity index (χ1v) is 5.23. The second-order valence-corrected chi connectivity index (χ2v) is 3.71. The minimum atomic E-state index is -0.194. The van der Waals surface area contributed by atoms with Crippen LogP contribution in [-0.4, -0.2) is 10.5 Å². The Bertz CT molecular complexity index is 594. The van der Waals surface area contributed by atoms with Crippen molar-refractivity contribution in [1.29, 1.82) is 5.26 Å². The number of benzene rings is 1. The molecule has 5 heteroatoms. The Balaban J connectivity index is 2.25. The summed E-state index contributed by atoms with van der Waals surface area (Å²) < 4.78 is 1.96. The maximum atomic E-state index is 11.1. The molecule has 0 spiro atoms. The van der Waals surface area contributed by atoms with E-state index in [0.717, 1.165) is 10.9 Å². The van der Waals surface area contributed by atoms with Crippen LogP contribution in [0.15, 0.2) is 30.5 Å². The number of carbonyl (C=O) groups is 1. The molecule has 1 heterocycles. The molecule has 0 aliphatic carbocycles. The average molecular weight is 228 g/mol. The molecular weight excluding hydrogens is 216 g/mol. The van der Waals surface area contributed by atoms with Gasteiger partial charge in [0, 0.05) is 30.1 Å². The van der Waals surface area contributed by atoms with Gasteiger partial charge in [-0.25, -0.2) is 5.84 Å². The summed E-state index contributed by atoms with van der Waals surface area (Å²) >= 11 is 0. The molecule has 0 saturated carbocycles. The second-order valence-electron chi connectivity index (χ2n) is 3.71. The Kier molecular flexibility index (Phi) is 3.08. The lowest BCUT2D eigenvalue weighted by Gasteiger charge is -2.04. The number of aryl methyl sites for hydroxylation is 1. The SMILES string of the molecule is N#Cc1ccc2c(ccn2CCC(=O)NN)c1. The smallest absolute Gasteiger partial charge is 0.235 e. The van der Waals surface area contributed by atoms with E-state index in [1.54, 1.807) is 6.07 Å². The molecule has 1 aromatic carbocycles. The first-order valence-electron chi connectivity index (χ1n) is 5.23.